The molecule has 0 fully saturated rings. The quantitative estimate of drug-likeness (QED) is 0.760. The van der Waals surface area contributed by atoms with E-state index in [9.17, 15) is 9.59 Å². The fraction of sp³-hybridized carbons (Fsp3) is 0.389. The summed E-state index contributed by atoms with van der Waals surface area (Å²) < 4.78 is 0. The van der Waals surface area contributed by atoms with Gasteiger partial charge in [0.05, 0.1) is 12.2 Å². The Morgan fingerprint density at radius 2 is 1.73 bits per heavy atom. The van der Waals surface area contributed by atoms with Gasteiger partial charge in [-0.15, -0.1) is 0 Å². The lowest BCUT2D eigenvalue weighted by Crippen LogP contribution is -2.31. The molecule has 0 aliphatic heterocycles. The van der Waals surface area contributed by atoms with Gasteiger partial charge in [-0.2, -0.15) is 0 Å². The van der Waals surface area contributed by atoms with Crippen molar-refractivity contribution < 1.29 is 9.59 Å². The Hall–Kier alpha value is -2.23. The third-order valence-corrected chi connectivity index (χ3v) is 4.01. The van der Waals surface area contributed by atoms with E-state index in [0.29, 0.717) is 19.3 Å². The Bertz CT molecular complexity index is 589. The third-order valence-electron chi connectivity index (χ3n) is 4.01. The molecule has 0 aliphatic carbocycles. The Labute approximate surface area is 131 Å². The lowest BCUT2D eigenvalue weighted by atomic mass is 9.78. The molecule has 0 amide bonds. The van der Waals surface area contributed by atoms with Crippen molar-refractivity contribution in [2.24, 2.45) is 5.92 Å². The van der Waals surface area contributed by atoms with Crippen molar-refractivity contribution in [1.29, 1.82) is 0 Å². The molecule has 0 spiro atoms. The van der Waals surface area contributed by atoms with Crippen molar-refractivity contribution >= 4 is 11.6 Å². The first-order valence-electron chi connectivity index (χ1n) is 7.75. The molecule has 1 aromatic heterocycles. The Balaban J connectivity index is 2.37. The number of hydrogen-bond donors (Lipinski definition) is 1. The summed E-state index contributed by atoms with van der Waals surface area (Å²) in [4.78, 5) is 31.9. The van der Waals surface area contributed by atoms with Gasteiger partial charge in [0.2, 0.25) is 0 Å². The number of nitrogens with one attached hydrogen (secondary N) is 1. The van der Waals surface area contributed by atoms with Gasteiger partial charge in [0, 0.05) is 30.7 Å². The predicted octanol–water partition coefficient (Wildman–Crippen LogP) is 3.31. The maximum atomic E-state index is 12.4. The van der Waals surface area contributed by atoms with E-state index in [0.717, 1.165) is 11.3 Å². The minimum Gasteiger partial charge on any atom is -0.348 e. The van der Waals surface area contributed by atoms with Gasteiger partial charge in [0.1, 0.15) is 11.6 Å². The van der Waals surface area contributed by atoms with Crippen LogP contribution in [0.5, 0.6) is 0 Å². The van der Waals surface area contributed by atoms with Crippen molar-refractivity contribution in [2.45, 2.75) is 39.0 Å². The summed E-state index contributed by atoms with van der Waals surface area (Å²) in [6.45, 7) is 3.62. The maximum absolute atomic E-state index is 12.4. The Morgan fingerprint density at radius 1 is 1.09 bits per heavy atom. The molecule has 1 aromatic carbocycles. The number of carbonyl (C=O) groups excluding carboxylic acids is 2. The van der Waals surface area contributed by atoms with E-state index < -0.39 is 5.92 Å². The van der Waals surface area contributed by atoms with Gasteiger partial charge < -0.3 is 4.98 Å². The number of aromatic amines is 1. The molecule has 0 saturated carbocycles. The maximum Gasteiger partial charge on any atom is 0.143 e. The first-order valence-corrected chi connectivity index (χ1v) is 7.75. The largest absolute Gasteiger partial charge is 0.348 e. The van der Waals surface area contributed by atoms with E-state index >= 15 is 0 Å². The van der Waals surface area contributed by atoms with Crippen LogP contribution in [-0.4, -0.2) is 21.5 Å². The highest BCUT2D eigenvalue weighted by atomic mass is 16.1. The lowest BCUT2D eigenvalue weighted by Gasteiger charge is -2.24. The number of Topliss-reactive ketones (excluding diaryl/α,β-unsaturated/α-hetero) is 2. The molecule has 0 bridgehead atoms. The summed E-state index contributed by atoms with van der Waals surface area (Å²) in [5.74, 6) is -0.787. The smallest absolute Gasteiger partial charge is 0.143 e. The van der Waals surface area contributed by atoms with Crippen molar-refractivity contribution in [2.75, 3.05) is 0 Å². The van der Waals surface area contributed by atoms with E-state index in [-0.39, 0.29) is 17.5 Å². The average Bonchev–Trinajstić information content (AvgIpc) is 3.09. The van der Waals surface area contributed by atoms with E-state index in [1.54, 1.807) is 12.5 Å². The molecule has 1 N–H and O–H groups in total. The summed E-state index contributed by atoms with van der Waals surface area (Å²) in [6.07, 6.45) is 4.70. The summed E-state index contributed by atoms with van der Waals surface area (Å²) >= 11 is 0. The second-order valence-electron chi connectivity index (χ2n) is 5.42. The van der Waals surface area contributed by atoms with Crippen molar-refractivity contribution in [3.8, 4) is 0 Å². The SMILES string of the molecule is CCC(=O)C(C(=O)CC)C(Cc1ccccc1)c1cnc[nH]1. The summed E-state index contributed by atoms with van der Waals surface area (Å²) in [5.41, 5.74) is 1.96. The Morgan fingerprint density at radius 3 is 2.23 bits per heavy atom. The Kier molecular flexibility index (Phi) is 5.64. The minimum absolute atomic E-state index is 0.00220. The van der Waals surface area contributed by atoms with Gasteiger partial charge in [0.15, 0.2) is 0 Å². The highest BCUT2D eigenvalue weighted by Crippen LogP contribution is 2.30. The molecule has 0 saturated heterocycles. The van der Waals surface area contributed by atoms with E-state index in [1.807, 2.05) is 44.2 Å². The van der Waals surface area contributed by atoms with Gasteiger partial charge >= 0.3 is 0 Å². The molecule has 4 nitrogen and oxygen atoms in total. The summed E-state index contributed by atoms with van der Waals surface area (Å²) in [6, 6.07) is 9.94. The second-order valence-corrected chi connectivity index (χ2v) is 5.42. The van der Waals surface area contributed by atoms with Crippen LogP contribution in [0.3, 0.4) is 0 Å². The van der Waals surface area contributed by atoms with Gasteiger partial charge in [-0.25, -0.2) is 4.98 Å². The van der Waals surface area contributed by atoms with Crippen LogP contribution >= 0.6 is 0 Å². The number of ketones is 2. The van der Waals surface area contributed by atoms with Crippen LogP contribution < -0.4 is 0 Å². The number of hydrogen-bond acceptors (Lipinski definition) is 3. The van der Waals surface area contributed by atoms with Crippen LogP contribution in [0.2, 0.25) is 0 Å². The van der Waals surface area contributed by atoms with Gasteiger partial charge in [-0.05, 0) is 12.0 Å². The fourth-order valence-electron chi connectivity index (χ4n) is 2.81. The predicted molar refractivity (Wildman–Crippen MR) is 85.6 cm³/mol. The van der Waals surface area contributed by atoms with Crippen LogP contribution in [0.15, 0.2) is 42.9 Å². The molecular weight excluding hydrogens is 276 g/mol. The molecule has 4 heteroatoms. The molecule has 1 unspecified atom stereocenters. The zero-order valence-corrected chi connectivity index (χ0v) is 13.1. The molecule has 22 heavy (non-hydrogen) atoms. The lowest BCUT2D eigenvalue weighted by molar-refractivity contribution is -0.133. The zero-order valence-electron chi connectivity index (χ0n) is 13.1. The minimum atomic E-state index is -0.601. The first kappa shape index (κ1) is 16.1. The van der Waals surface area contributed by atoms with E-state index in [4.69, 9.17) is 0 Å². The highest BCUT2D eigenvalue weighted by Gasteiger charge is 2.34. The molecule has 1 atom stereocenters. The van der Waals surface area contributed by atoms with Gasteiger partial charge in [-0.1, -0.05) is 44.2 Å². The molecule has 0 radical (unpaired) electrons. The van der Waals surface area contributed by atoms with E-state index in [1.165, 1.54) is 0 Å². The van der Waals surface area contributed by atoms with Crippen LogP contribution in [0, 0.1) is 5.92 Å². The third kappa shape index (κ3) is 3.70. The van der Waals surface area contributed by atoms with Gasteiger partial charge in [0.25, 0.3) is 0 Å². The van der Waals surface area contributed by atoms with Crippen molar-refractivity contribution in [3.63, 3.8) is 0 Å². The van der Waals surface area contributed by atoms with Crippen LogP contribution in [0.25, 0.3) is 0 Å². The number of rotatable bonds is 8. The molecule has 2 rings (SSSR count). The standard InChI is InChI=1S/C18H22N2O2/c1-3-16(21)18(17(22)4-2)14(15-11-19-12-20-15)10-13-8-6-5-7-9-13/h5-9,11-12,14,18H,3-4,10H2,1-2H3,(H,19,20). The summed E-state index contributed by atoms with van der Waals surface area (Å²) in [5, 5.41) is 0. The van der Waals surface area contributed by atoms with Crippen LogP contribution in [0.4, 0.5) is 0 Å². The zero-order chi connectivity index (χ0) is 15.9. The van der Waals surface area contributed by atoms with Gasteiger partial charge in [-0.3, -0.25) is 9.59 Å². The van der Waals surface area contributed by atoms with Crippen LogP contribution in [-0.2, 0) is 16.0 Å². The van der Waals surface area contributed by atoms with Crippen LogP contribution in [0.1, 0.15) is 43.9 Å². The normalized spacial score (nSPS) is 12.3. The second kappa shape index (κ2) is 7.69. The average molecular weight is 298 g/mol. The number of H-pyrrole nitrogens is 1. The number of imidazole rings is 1. The molecule has 1 heterocycles. The highest BCUT2D eigenvalue weighted by molar-refractivity contribution is 6.03. The van der Waals surface area contributed by atoms with Crippen molar-refractivity contribution in [1.82, 2.24) is 9.97 Å². The molecular formula is C18H22N2O2. The molecule has 2 aromatic rings. The van der Waals surface area contributed by atoms with E-state index in [2.05, 4.69) is 9.97 Å². The fourth-order valence-corrected chi connectivity index (χ4v) is 2.81. The molecule has 116 valence electrons. The number of nitrogens with zero attached hydrogens (tertiary/aromatic N) is 1. The number of carbonyl (C=O) groups is 2. The first-order chi connectivity index (χ1) is 10.7. The molecule has 0 aliphatic rings. The summed E-state index contributed by atoms with van der Waals surface area (Å²) in [7, 11) is 0. The number of aromatic nitrogens is 2. The monoisotopic (exact) mass is 298 g/mol. The number of benzene rings is 1. The van der Waals surface area contributed by atoms with Crippen molar-refractivity contribution in [3.05, 3.63) is 54.1 Å². The topological polar surface area (TPSA) is 62.8 Å².